The number of hydrogen-bond donors (Lipinski definition) is 1. The lowest BCUT2D eigenvalue weighted by molar-refractivity contribution is -0.384. The molecular formula is C14H21N3O2. The zero-order valence-electron chi connectivity index (χ0n) is 11.8. The Bertz CT molecular complexity index is 480. The molecule has 1 aliphatic heterocycles. The Hall–Kier alpha value is -1.62. The third kappa shape index (κ3) is 2.87. The molecule has 0 aliphatic carbocycles. The molecule has 1 aromatic carbocycles. The fraction of sp³-hybridized carbons (Fsp3) is 0.571. The Kier molecular flexibility index (Phi) is 3.75. The average Bonchev–Trinajstić information content (AvgIpc) is 2.40. The highest BCUT2D eigenvalue weighted by atomic mass is 16.6. The molecular weight excluding hydrogens is 242 g/mol. The minimum atomic E-state index is -0.342. The quantitative estimate of drug-likeness (QED) is 0.672. The fourth-order valence-electron chi connectivity index (χ4n) is 2.60. The molecule has 0 unspecified atom stereocenters. The standard InChI is InChI=1S/C14H21N3O2/c1-11-10-12(17(18)19)4-5-13(11)16-8-6-14(2,15-3)7-9-16/h4-5,10,15H,6-9H2,1-3H3. The number of hydrogen-bond acceptors (Lipinski definition) is 4. The number of benzene rings is 1. The molecule has 0 spiro atoms. The minimum Gasteiger partial charge on any atom is -0.371 e. The van der Waals surface area contributed by atoms with Crippen LogP contribution in [0.1, 0.15) is 25.3 Å². The predicted molar refractivity (Wildman–Crippen MR) is 76.7 cm³/mol. The summed E-state index contributed by atoms with van der Waals surface area (Å²) in [5.74, 6) is 0. The zero-order valence-corrected chi connectivity index (χ0v) is 11.8. The first-order chi connectivity index (χ1) is 8.95. The number of nitro benzene ring substituents is 1. The molecule has 1 saturated heterocycles. The molecule has 0 aromatic heterocycles. The van der Waals surface area contributed by atoms with Crippen molar-refractivity contribution >= 4 is 11.4 Å². The van der Waals surface area contributed by atoms with E-state index in [0.717, 1.165) is 37.2 Å². The van der Waals surface area contributed by atoms with Crippen molar-refractivity contribution in [1.29, 1.82) is 0 Å². The van der Waals surface area contributed by atoms with Gasteiger partial charge in [-0.05, 0) is 45.4 Å². The van der Waals surface area contributed by atoms with Crippen LogP contribution >= 0.6 is 0 Å². The summed E-state index contributed by atoms with van der Waals surface area (Å²) in [5, 5.41) is 14.1. The van der Waals surface area contributed by atoms with E-state index in [9.17, 15) is 10.1 Å². The molecule has 0 atom stereocenters. The molecule has 1 N–H and O–H groups in total. The van der Waals surface area contributed by atoms with Crippen LogP contribution in [-0.4, -0.2) is 30.6 Å². The van der Waals surface area contributed by atoms with Crippen molar-refractivity contribution in [1.82, 2.24) is 5.32 Å². The number of nitrogens with zero attached hydrogens (tertiary/aromatic N) is 2. The van der Waals surface area contributed by atoms with E-state index < -0.39 is 0 Å². The molecule has 1 heterocycles. The van der Waals surface area contributed by atoms with Gasteiger partial charge < -0.3 is 10.2 Å². The Balaban J connectivity index is 2.14. The highest BCUT2D eigenvalue weighted by Gasteiger charge is 2.28. The van der Waals surface area contributed by atoms with E-state index in [-0.39, 0.29) is 16.1 Å². The Morgan fingerprint density at radius 2 is 2.00 bits per heavy atom. The van der Waals surface area contributed by atoms with Crippen LogP contribution in [0, 0.1) is 17.0 Å². The molecule has 5 nitrogen and oxygen atoms in total. The first-order valence-corrected chi connectivity index (χ1v) is 6.64. The van der Waals surface area contributed by atoms with Gasteiger partial charge in [0.05, 0.1) is 4.92 Å². The second-order valence-electron chi connectivity index (χ2n) is 5.53. The van der Waals surface area contributed by atoms with Crippen molar-refractivity contribution in [2.75, 3.05) is 25.0 Å². The predicted octanol–water partition coefficient (Wildman–Crippen LogP) is 2.48. The van der Waals surface area contributed by atoms with Crippen molar-refractivity contribution in [2.24, 2.45) is 0 Å². The van der Waals surface area contributed by atoms with E-state index in [1.165, 1.54) is 0 Å². The molecule has 5 heteroatoms. The van der Waals surface area contributed by atoms with E-state index in [0.29, 0.717) is 0 Å². The number of aryl methyl sites for hydroxylation is 1. The van der Waals surface area contributed by atoms with Crippen molar-refractivity contribution in [3.63, 3.8) is 0 Å². The number of nitro groups is 1. The molecule has 19 heavy (non-hydrogen) atoms. The van der Waals surface area contributed by atoms with Gasteiger partial charge in [0, 0.05) is 36.4 Å². The summed E-state index contributed by atoms with van der Waals surface area (Å²) in [5.41, 5.74) is 2.47. The first-order valence-electron chi connectivity index (χ1n) is 6.64. The lowest BCUT2D eigenvalue weighted by atomic mass is 9.89. The molecule has 0 saturated carbocycles. The number of anilines is 1. The SMILES string of the molecule is CNC1(C)CCN(c2ccc([N+](=O)[O-])cc2C)CC1. The lowest BCUT2D eigenvalue weighted by Gasteiger charge is -2.40. The van der Waals surface area contributed by atoms with Gasteiger partial charge in [0.15, 0.2) is 0 Å². The van der Waals surface area contributed by atoms with Crippen LogP contribution in [-0.2, 0) is 0 Å². The molecule has 0 radical (unpaired) electrons. The summed E-state index contributed by atoms with van der Waals surface area (Å²) >= 11 is 0. The van der Waals surface area contributed by atoms with Gasteiger partial charge >= 0.3 is 0 Å². The summed E-state index contributed by atoms with van der Waals surface area (Å²) in [6.07, 6.45) is 2.17. The monoisotopic (exact) mass is 263 g/mol. The van der Waals surface area contributed by atoms with E-state index in [1.54, 1.807) is 12.1 Å². The Morgan fingerprint density at radius 1 is 1.37 bits per heavy atom. The van der Waals surface area contributed by atoms with Gasteiger partial charge in [-0.15, -0.1) is 0 Å². The van der Waals surface area contributed by atoms with Gasteiger partial charge in [0.25, 0.3) is 5.69 Å². The van der Waals surface area contributed by atoms with Crippen molar-refractivity contribution < 1.29 is 4.92 Å². The van der Waals surface area contributed by atoms with Crippen LogP contribution in [0.4, 0.5) is 11.4 Å². The fourth-order valence-corrected chi connectivity index (χ4v) is 2.60. The van der Waals surface area contributed by atoms with Crippen LogP contribution in [0.2, 0.25) is 0 Å². The van der Waals surface area contributed by atoms with Crippen LogP contribution < -0.4 is 10.2 Å². The van der Waals surface area contributed by atoms with E-state index in [4.69, 9.17) is 0 Å². The normalized spacial score (nSPS) is 18.4. The summed E-state index contributed by atoms with van der Waals surface area (Å²) in [6.45, 7) is 6.15. The summed E-state index contributed by atoms with van der Waals surface area (Å²) in [4.78, 5) is 12.7. The van der Waals surface area contributed by atoms with E-state index >= 15 is 0 Å². The number of piperidine rings is 1. The molecule has 0 bridgehead atoms. The highest BCUT2D eigenvalue weighted by Crippen LogP contribution is 2.29. The minimum absolute atomic E-state index is 0.165. The largest absolute Gasteiger partial charge is 0.371 e. The number of nitrogens with one attached hydrogen (secondary N) is 1. The van der Waals surface area contributed by atoms with Crippen LogP contribution in [0.5, 0.6) is 0 Å². The van der Waals surface area contributed by atoms with Gasteiger partial charge in [-0.1, -0.05) is 0 Å². The maximum Gasteiger partial charge on any atom is 0.269 e. The molecule has 0 amide bonds. The second-order valence-corrected chi connectivity index (χ2v) is 5.53. The highest BCUT2D eigenvalue weighted by molar-refractivity contribution is 5.57. The smallest absolute Gasteiger partial charge is 0.269 e. The summed E-state index contributed by atoms with van der Waals surface area (Å²) < 4.78 is 0. The molecule has 1 aliphatic rings. The van der Waals surface area contributed by atoms with E-state index in [2.05, 4.69) is 17.1 Å². The Morgan fingerprint density at radius 3 is 2.47 bits per heavy atom. The summed E-state index contributed by atoms with van der Waals surface area (Å²) in [7, 11) is 2.01. The van der Waals surface area contributed by atoms with E-state index in [1.807, 2.05) is 20.0 Å². The van der Waals surface area contributed by atoms with Crippen molar-refractivity contribution in [3.05, 3.63) is 33.9 Å². The Labute approximate surface area is 113 Å². The van der Waals surface area contributed by atoms with Crippen LogP contribution in [0.15, 0.2) is 18.2 Å². The van der Waals surface area contributed by atoms with Gasteiger partial charge in [-0.2, -0.15) is 0 Å². The van der Waals surface area contributed by atoms with Crippen LogP contribution in [0.3, 0.4) is 0 Å². The molecule has 2 rings (SSSR count). The second kappa shape index (κ2) is 5.17. The van der Waals surface area contributed by atoms with Crippen molar-refractivity contribution in [2.45, 2.75) is 32.2 Å². The summed E-state index contributed by atoms with van der Waals surface area (Å²) in [6, 6.07) is 5.12. The molecule has 104 valence electrons. The van der Waals surface area contributed by atoms with Gasteiger partial charge in [0.1, 0.15) is 0 Å². The first kappa shape index (κ1) is 13.8. The van der Waals surface area contributed by atoms with Gasteiger partial charge in [-0.25, -0.2) is 0 Å². The van der Waals surface area contributed by atoms with Gasteiger partial charge in [-0.3, -0.25) is 10.1 Å². The number of non-ortho nitro benzene ring substituents is 1. The average molecular weight is 263 g/mol. The third-order valence-corrected chi connectivity index (χ3v) is 4.20. The lowest BCUT2D eigenvalue weighted by Crippen LogP contribution is -2.50. The van der Waals surface area contributed by atoms with Crippen LogP contribution in [0.25, 0.3) is 0 Å². The maximum atomic E-state index is 10.7. The van der Waals surface area contributed by atoms with Crippen molar-refractivity contribution in [3.8, 4) is 0 Å². The maximum absolute atomic E-state index is 10.7. The van der Waals surface area contributed by atoms with Gasteiger partial charge in [0.2, 0.25) is 0 Å². The zero-order chi connectivity index (χ0) is 14.0. The number of rotatable bonds is 3. The molecule has 1 aromatic rings. The third-order valence-electron chi connectivity index (χ3n) is 4.20. The topological polar surface area (TPSA) is 58.4 Å². The molecule has 1 fully saturated rings.